The minimum Gasteiger partial charge on any atom is -0.496 e. The van der Waals surface area contributed by atoms with Gasteiger partial charge in [0.25, 0.3) is 0 Å². The highest BCUT2D eigenvalue weighted by molar-refractivity contribution is 5.49. The van der Waals surface area contributed by atoms with Crippen molar-refractivity contribution in [3.8, 4) is 11.5 Å². The fraction of sp³-hybridized carbons (Fsp3) is 0.455. The van der Waals surface area contributed by atoms with Crippen molar-refractivity contribution in [3.05, 3.63) is 23.3 Å². The van der Waals surface area contributed by atoms with Crippen LogP contribution in [0.2, 0.25) is 0 Å². The Morgan fingerprint density at radius 2 is 1.80 bits per heavy atom. The van der Waals surface area contributed by atoms with Crippen LogP contribution >= 0.6 is 0 Å². The number of aliphatic hydroxyl groups excluding tert-OH is 1. The van der Waals surface area contributed by atoms with Gasteiger partial charge in [0, 0.05) is 5.56 Å². The zero-order valence-electron chi connectivity index (χ0n) is 9.28. The molecule has 0 aliphatic heterocycles. The molecule has 3 N–H and O–H groups in total. The first kappa shape index (κ1) is 11.8. The van der Waals surface area contributed by atoms with Crippen LogP contribution in [0.15, 0.2) is 12.1 Å². The van der Waals surface area contributed by atoms with Crippen molar-refractivity contribution < 1.29 is 14.6 Å². The predicted molar refractivity (Wildman–Crippen MR) is 58.3 cm³/mol. The third kappa shape index (κ3) is 2.22. The fourth-order valence-electron chi connectivity index (χ4n) is 1.63. The van der Waals surface area contributed by atoms with Crippen LogP contribution in [0.4, 0.5) is 0 Å². The molecule has 0 saturated heterocycles. The highest BCUT2D eigenvalue weighted by Gasteiger charge is 2.16. The summed E-state index contributed by atoms with van der Waals surface area (Å²) < 4.78 is 10.4. The van der Waals surface area contributed by atoms with Crippen LogP contribution < -0.4 is 15.2 Å². The third-order valence-corrected chi connectivity index (χ3v) is 2.43. The average Bonchev–Trinajstić information content (AvgIpc) is 2.27. The van der Waals surface area contributed by atoms with Gasteiger partial charge in [-0.15, -0.1) is 0 Å². The minimum atomic E-state index is -0.449. The second-order valence-electron chi connectivity index (χ2n) is 3.30. The molecule has 0 spiro atoms. The molecule has 1 atom stereocenters. The van der Waals surface area contributed by atoms with E-state index < -0.39 is 6.04 Å². The molecule has 15 heavy (non-hydrogen) atoms. The van der Waals surface area contributed by atoms with Gasteiger partial charge in [0.15, 0.2) is 0 Å². The summed E-state index contributed by atoms with van der Waals surface area (Å²) in [6, 6.07) is 3.16. The van der Waals surface area contributed by atoms with Crippen LogP contribution in [-0.4, -0.2) is 25.9 Å². The molecule has 1 aromatic carbocycles. The zero-order valence-corrected chi connectivity index (χ0v) is 9.28. The van der Waals surface area contributed by atoms with Crippen LogP contribution in [-0.2, 0) is 0 Å². The molecule has 0 fully saturated rings. The molecular formula is C11H17NO3. The monoisotopic (exact) mass is 211 g/mol. The maximum atomic E-state index is 9.07. The largest absolute Gasteiger partial charge is 0.496 e. The summed E-state index contributed by atoms with van der Waals surface area (Å²) in [6.45, 7) is 1.77. The molecule has 4 nitrogen and oxygen atoms in total. The Morgan fingerprint density at radius 1 is 1.27 bits per heavy atom. The Balaban J connectivity index is 3.29. The summed E-state index contributed by atoms with van der Waals surface area (Å²) >= 11 is 0. The smallest absolute Gasteiger partial charge is 0.124 e. The number of rotatable bonds is 4. The van der Waals surface area contributed by atoms with E-state index in [2.05, 4.69) is 0 Å². The van der Waals surface area contributed by atoms with Crippen LogP contribution in [0.1, 0.15) is 17.2 Å². The summed E-state index contributed by atoms with van der Waals surface area (Å²) in [7, 11) is 3.18. The van der Waals surface area contributed by atoms with Gasteiger partial charge in [-0.05, 0) is 24.6 Å². The highest BCUT2D eigenvalue weighted by Crippen LogP contribution is 2.33. The number of hydrogen-bond donors (Lipinski definition) is 2. The number of methoxy groups -OCH3 is 2. The van der Waals surface area contributed by atoms with Crippen molar-refractivity contribution in [2.45, 2.75) is 13.0 Å². The molecule has 0 aliphatic rings. The van der Waals surface area contributed by atoms with E-state index in [1.807, 2.05) is 13.0 Å². The van der Waals surface area contributed by atoms with E-state index in [9.17, 15) is 0 Å². The molecule has 1 unspecified atom stereocenters. The third-order valence-electron chi connectivity index (χ3n) is 2.43. The van der Waals surface area contributed by atoms with Crippen molar-refractivity contribution in [1.29, 1.82) is 0 Å². The topological polar surface area (TPSA) is 64.7 Å². The Bertz CT molecular complexity index is 339. The standard InChI is InChI=1S/C11H17NO3/c1-7-9(14-2)4-5-10(15-3)11(7)8(12)6-13/h4-5,8,13H,6,12H2,1-3H3. The van der Waals surface area contributed by atoms with E-state index in [1.165, 1.54) is 0 Å². The zero-order chi connectivity index (χ0) is 11.4. The number of benzene rings is 1. The molecule has 0 heterocycles. The number of nitrogens with two attached hydrogens (primary N) is 1. The van der Waals surface area contributed by atoms with Crippen molar-refractivity contribution in [2.75, 3.05) is 20.8 Å². The first-order chi connectivity index (χ1) is 7.15. The molecule has 0 bridgehead atoms. The fourth-order valence-corrected chi connectivity index (χ4v) is 1.63. The van der Waals surface area contributed by atoms with E-state index in [4.69, 9.17) is 20.3 Å². The van der Waals surface area contributed by atoms with Crippen molar-refractivity contribution in [2.24, 2.45) is 5.73 Å². The second-order valence-corrected chi connectivity index (χ2v) is 3.30. The molecule has 0 aromatic heterocycles. The molecular weight excluding hydrogens is 194 g/mol. The van der Waals surface area contributed by atoms with Gasteiger partial charge < -0.3 is 20.3 Å². The van der Waals surface area contributed by atoms with Gasteiger partial charge in [-0.3, -0.25) is 0 Å². The summed E-state index contributed by atoms with van der Waals surface area (Å²) in [5, 5.41) is 9.07. The van der Waals surface area contributed by atoms with Gasteiger partial charge in [-0.1, -0.05) is 0 Å². The van der Waals surface area contributed by atoms with E-state index >= 15 is 0 Å². The lowest BCUT2D eigenvalue weighted by atomic mass is 10.00. The number of ether oxygens (including phenoxy) is 2. The van der Waals surface area contributed by atoms with E-state index in [-0.39, 0.29) is 6.61 Å². The van der Waals surface area contributed by atoms with Gasteiger partial charge in [0.1, 0.15) is 11.5 Å². The van der Waals surface area contributed by atoms with E-state index in [1.54, 1.807) is 20.3 Å². The first-order valence-corrected chi connectivity index (χ1v) is 4.73. The maximum Gasteiger partial charge on any atom is 0.124 e. The van der Waals surface area contributed by atoms with Gasteiger partial charge >= 0.3 is 0 Å². The normalized spacial score (nSPS) is 12.3. The molecule has 0 aliphatic carbocycles. The molecule has 84 valence electrons. The number of hydrogen-bond acceptors (Lipinski definition) is 4. The summed E-state index contributed by atoms with van der Waals surface area (Å²) in [4.78, 5) is 0. The first-order valence-electron chi connectivity index (χ1n) is 4.73. The summed E-state index contributed by atoms with van der Waals surface area (Å²) in [5.41, 5.74) is 7.50. The van der Waals surface area contributed by atoms with Crippen LogP contribution in [0.5, 0.6) is 11.5 Å². The van der Waals surface area contributed by atoms with Gasteiger partial charge in [0.05, 0.1) is 26.9 Å². The quantitative estimate of drug-likeness (QED) is 0.780. The SMILES string of the molecule is COc1ccc(OC)c(C(N)CO)c1C. The van der Waals surface area contributed by atoms with Crippen LogP contribution in [0, 0.1) is 6.92 Å². The molecule has 0 amide bonds. The van der Waals surface area contributed by atoms with E-state index in [0.717, 1.165) is 16.9 Å². The molecule has 1 rings (SSSR count). The van der Waals surface area contributed by atoms with E-state index in [0.29, 0.717) is 5.75 Å². The summed E-state index contributed by atoms with van der Waals surface area (Å²) in [6.07, 6.45) is 0. The second kappa shape index (κ2) is 5.00. The Hall–Kier alpha value is -1.26. The van der Waals surface area contributed by atoms with Crippen LogP contribution in [0.3, 0.4) is 0 Å². The van der Waals surface area contributed by atoms with Crippen molar-refractivity contribution >= 4 is 0 Å². The average molecular weight is 211 g/mol. The highest BCUT2D eigenvalue weighted by atomic mass is 16.5. The Morgan fingerprint density at radius 3 is 2.27 bits per heavy atom. The minimum absolute atomic E-state index is 0.121. The number of aliphatic hydroxyl groups is 1. The summed E-state index contributed by atoms with van der Waals surface area (Å²) in [5.74, 6) is 1.42. The van der Waals surface area contributed by atoms with Gasteiger partial charge in [-0.25, -0.2) is 0 Å². The Labute approximate surface area is 89.6 Å². The van der Waals surface area contributed by atoms with Gasteiger partial charge in [0.2, 0.25) is 0 Å². The lowest BCUT2D eigenvalue weighted by molar-refractivity contribution is 0.263. The van der Waals surface area contributed by atoms with Gasteiger partial charge in [-0.2, -0.15) is 0 Å². The molecule has 0 saturated carbocycles. The van der Waals surface area contributed by atoms with Crippen molar-refractivity contribution in [1.82, 2.24) is 0 Å². The Kier molecular flexibility index (Phi) is 3.94. The molecule has 1 aromatic rings. The lowest BCUT2D eigenvalue weighted by Gasteiger charge is -2.18. The van der Waals surface area contributed by atoms with Crippen molar-refractivity contribution in [3.63, 3.8) is 0 Å². The predicted octanol–water partition coefficient (Wildman–Crippen LogP) is 1.00. The molecule has 4 heteroatoms. The maximum absolute atomic E-state index is 9.07. The van der Waals surface area contributed by atoms with Crippen LogP contribution in [0.25, 0.3) is 0 Å². The lowest BCUT2D eigenvalue weighted by Crippen LogP contribution is -2.17. The molecule has 0 radical (unpaired) electrons.